The molecule has 32 heavy (non-hydrogen) atoms. The second kappa shape index (κ2) is 10.4. The molecule has 1 saturated heterocycles. The molecule has 4 heteroatoms. The topological polar surface area (TPSA) is 24.3 Å². The van der Waals surface area contributed by atoms with E-state index in [1.165, 1.54) is 47.6 Å². The lowest BCUT2D eigenvalue weighted by Gasteiger charge is -2.36. The van der Waals surface area contributed by atoms with Crippen molar-refractivity contribution in [3.05, 3.63) is 77.1 Å². The van der Waals surface area contributed by atoms with Gasteiger partial charge in [-0.1, -0.05) is 38.1 Å². The van der Waals surface area contributed by atoms with Gasteiger partial charge < -0.3 is 4.90 Å². The van der Waals surface area contributed by atoms with Crippen LogP contribution in [0.2, 0.25) is 0 Å². The number of unbranched alkanes of at least 4 members (excludes halogenated alkanes) is 1. The van der Waals surface area contributed by atoms with Crippen LogP contribution in [-0.4, -0.2) is 47.4 Å². The van der Waals surface area contributed by atoms with Crippen molar-refractivity contribution in [2.75, 3.05) is 37.6 Å². The second-order valence-corrected chi connectivity index (χ2v) is 9.52. The third kappa shape index (κ3) is 5.42. The van der Waals surface area contributed by atoms with E-state index in [0.717, 1.165) is 38.3 Å². The van der Waals surface area contributed by atoms with Crippen molar-refractivity contribution in [2.45, 2.75) is 52.9 Å². The summed E-state index contributed by atoms with van der Waals surface area (Å²) < 4.78 is 2.13. The molecule has 4 nitrogen and oxygen atoms in total. The molecule has 0 unspecified atom stereocenters. The van der Waals surface area contributed by atoms with Gasteiger partial charge in [0.15, 0.2) is 0 Å². The lowest BCUT2D eigenvalue weighted by atomic mass is 10.1. The number of nitrogens with zero attached hydrogens (tertiary/aromatic N) is 4. The molecular formula is C28H38N4. The maximum Gasteiger partial charge on any atom is 0.0649 e. The summed E-state index contributed by atoms with van der Waals surface area (Å²) in [4.78, 5) is 5.16. The Balaban J connectivity index is 1.24. The maximum atomic E-state index is 4.94. The molecule has 0 spiro atoms. The van der Waals surface area contributed by atoms with Crippen molar-refractivity contribution in [1.82, 2.24) is 14.7 Å². The highest BCUT2D eigenvalue weighted by Gasteiger charge is 2.17. The minimum Gasteiger partial charge on any atom is -0.369 e. The molecule has 1 aromatic heterocycles. The van der Waals surface area contributed by atoms with Gasteiger partial charge in [-0.15, -0.1) is 0 Å². The highest BCUT2D eigenvalue weighted by Crippen LogP contribution is 2.22. The molecule has 0 bridgehead atoms. The van der Waals surface area contributed by atoms with E-state index < -0.39 is 0 Å². The van der Waals surface area contributed by atoms with Crippen molar-refractivity contribution in [2.24, 2.45) is 0 Å². The number of aryl methyl sites for hydroxylation is 3. The third-order valence-electron chi connectivity index (χ3n) is 6.76. The van der Waals surface area contributed by atoms with Gasteiger partial charge in [0, 0.05) is 37.6 Å². The minimum absolute atomic E-state index is 0.463. The molecule has 4 rings (SSSR count). The predicted molar refractivity (Wildman–Crippen MR) is 135 cm³/mol. The zero-order chi connectivity index (χ0) is 22.5. The molecule has 0 amide bonds. The number of para-hydroxylation sites is 1. The van der Waals surface area contributed by atoms with Gasteiger partial charge in [-0.3, -0.25) is 4.90 Å². The Morgan fingerprint density at radius 3 is 2.25 bits per heavy atom. The number of aromatic nitrogens is 2. The van der Waals surface area contributed by atoms with Crippen molar-refractivity contribution < 1.29 is 0 Å². The molecule has 2 aromatic carbocycles. The number of hydrogen-bond donors (Lipinski definition) is 0. The first kappa shape index (κ1) is 22.6. The summed E-state index contributed by atoms with van der Waals surface area (Å²) in [5.41, 5.74) is 7.82. The summed E-state index contributed by atoms with van der Waals surface area (Å²) in [7, 11) is 0. The summed E-state index contributed by atoms with van der Waals surface area (Å²) >= 11 is 0. The summed E-state index contributed by atoms with van der Waals surface area (Å²) in [6.07, 6.45) is 3.49. The normalized spacial score (nSPS) is 15.0. The van der Waals surface area contributed by atoms with E-state index in [0.29, 0.717) is 5.92 Å². The first-order valence-electron chi connectivity index (χ1n) is 12.2. The summed E-state index contributed by atoms with van der Waals surface area (Å²) in [5, 5.41) is 4.94. The van der Waals surface area contributed by atoms with Crippen LogP contribution in [0.5, 0.6) is 0 Å². The Morgan fingerprint density at radius 2 is 1.56 bits per heavy atom. The second-order valence-electron chi connectivity index (χ2n) is 9.52. The molecule has 1 fully saturated rings. The van der Waals surface area contributed by atoms with Crippen LogP contribution < -0.4 is 4.90 Å². The van der Waals surface area contributed by atoms with Crippen LogP contribution in [0.4, 0.5) is 5.69 Å². The first-order valence-corrected chi connectivity index (χ1v) is 12.2. The Kier molecular flexibility index (Phi) is 7.31. The fourth-order valence-electron chi connectivity index (χ4n) is 4.55. The van der Waals surface area contributed by atoms with E-state index in [1.54, 1.807) is 0 Å². The molecule has 0 N–H and O–H groups in total. The van der Waals surface area contributed by atoms with E-state index in [9.17, 15) is 0 Å². The Bertz CT molecular complexity index is 998. The Morgan fingerprint density at radius 1 is 0.812 bits per heavy atom. The summed E-state index contributed by atoms with van der Waals surface area (Å²) in [6, 6.07) is 19.7. The fourth-order valence-corrected chi connectivity index (χ4v) is 4.55. The number of benzene rings is 2. The van der Waals surface area contributed by atoms with Crippen LogP contribution in [0, 0.1) is 13.8 Å². The zero-order valence-corrected chi connectivity index (χ0v) is 20.2. The zero-order valence-electron chi connectivity index (χ0n) is 20.2. The van der Waals surface area contributed by atoms with E-state index >= 15 is 0 Å². The number of piperazine rings is 1. The van der Waals surface area contributed by atoms with Gasteiger partial charge in [-0.2, -0.15) is 5.10 Å². The molecular weight excluding hydrogens is 392 g/mol. The van der Waals surface area contributed by atoms with E-state index in [4.69, 9.17) is 5.10 Å². The maximum absolute atomic E-state index is 4.94. The molecule has 0 saturated carbocycles. The van der Waals surface area contributed by atoms with Crippen LogP contribution in [0.25, 0.3) is 5.69 Å². The van der Waals surface area contributed by atoms with Crippen LogP contribution in [0.15, 0.2) is 54.6 Å². The van der Waals surface area contributed by atoms with Crippen molar-refractivity contribution in [3.8, 4) is 5.69 Å². The average Bonchev–Trinajstić information content (AvgIpc) is 3.24. The van der Waals surface area contributed by atoms with Crippen molar-refractivity contribution in [1.29, 1.82) is 0 Å². The fraction of sp³-hybridized carbons (Fsp3) is 0.464. The van der Waals surface area contributed by atoms with Crippen LogP contribution in [-0.2, 0) is 6.42 Å². The molecule has 1 aliphatic heterocycles. The van der Waals surface area contributed by atoms with Gasteiger partial charge in [0.25, 0.3) is 0 Å². The lowest BCUT2D eigenvalue weighted by molar-refractivity contribution is 0.253. The third-order valence-corrected chi connectivity index (χ3v) is 6.76. The van der Waals surface area contributed by atoms with Gasteiger partial charge in [0.1, 0.15) is 0 Å². The van der Waals surface area contributed by atoms with Gasteiger partial charge >= 0.3 is 0 Å². The number of anilines is 1. The molecule has 3 aromatic rings. The summed E-state index contributed by atoms with van der Waals surface area (Å²) in [5.74, 6) is 0.463. The first-order chi connectivity index (χ1) is 15.5. The predicted octanol–water partition coefficient (Wildman–Crippen LogP) is 5.76. The highest BCUT2D eigenvalue weighted by molar-refractivity contribution is 5.51. The van der Waals surface area contributed by atoms with Gasteiger partial charge in [-0.25, -0.2) is 4.68 Å². The highest BCUT2D eigenvalue weighted by atomic mass is 15.3. The molecule has 0 radical (unpaired) electrons. The number of hydrogen-bond acceptors (Lipinski definition) is 3. The monoisotopic (exact) mass is 430 g/mol. The SMILES string of the molecule is Cc1ccc(N2CCN(CCCCc3cc(C(C)C)n(-c4ccccc4)n3)CC2)cc1C. The smallest absolute Gasteiger partial charge is 0.0649 e. The lowest BCUT2D eigenvalue weighted by Crippen LogP contribution is -2.46. The molecule has 170 valence electrons. The van der Waals surface area contributed by atoms with Gasteiger partial charge in [0.05, 0.1) is 11.4 Å². The van der Waals surface area contributed by atoms with Crippen LogP contribution in [0.1, 0.15) is 55.1 Å². The molecule has 2 heterocycles. The molecule has 0 atom stereocenters. The minimum atomic E-state index is 0.463. The van der Waals surface area contributed by atoms with Gasteiger partial charge in [-0.05, 0) is 87.0 Å². The average molecular weight is 431 g/mol. The summed E-state index contributed by atoms with van der Waals surface area (Å²) in [6.45, 7) is 14.7. The molecule has 0 aliphatic carbocycles. The molecule has 1 aliphatic rings. The number of rotatable bonds is 8. The quantitative estimate of drug-likeness (QED) is 0.425. The van der Waals surface area contributed by atoms with E-state index in [2.05, 4.69) is 96.8 Å². The Labute approximate surface area is 193 Å². The van der Waals surface area contributed by atoms with Gasteiger partial charge in [0.2, 0.25) is 0 Å². The van der Waals surface area contributed by atoms with E-state index in [1.807, 2.05) is 0 Å². The van der Waals surface area contributed by atoms with Crippen molar-refractivity contribution >= 4 is 5.69 Å². The van der Waals surface area contributed by atoms with Crippen LogP contribution in [0.3, 0.4) is 0 Å². The Hall–Kier alpha value is -2.59. The largest absolute Gasteiger partial charge is 0.369 e. The van der Waals surface area contributed by atoms with Crippen LogP contribution >= 0.6 is 0 Å². The van der Waals surface area contributed by atoms with E-state index in [-0.39, 0.29) is 0 Å². The van der Waals surface area contributed by atoms with Crippen molar-refractivity contribution in [3.63, 3.8) is 0 Å². The standard InChI is InChI=1S/C28H38N4/c1-22(2)28-21-25(29-32(28)26-11-6-5-7-12-26)10-8-9-15-30-16-18-31(19-17-30)27-14-13-23(3)24(4)20-27/h5-7,11-14,20-22H,8-10,15-19H2,1-4H3.